The zero-order valence-corrected chi connectivity index (χ0v) is 10.7. The van der Waals surface area contributed by atoms with Crippen LogP contribution < -0.4 is 5.32 Å². The monoisotopic (exact) mass is 224 g/mol. The van der Waals surface area contributed by atoms with Gasteiger partial charge in [-0.05, 0) is 39.2 Å². The fraction of sp³-hybridized carbons (Fsp3) is 0.769. The van der Waals surface area contributed by atoms with Gasteiger partial charge in [-0.25, -0.2) is 0 Å². The Balaban J connectivity index is 2.62. The summed E-state index contributed by atoms with van der Waals surface area (Å²) in [6.45, 7) is 11.6. The molecule has 1 fully saturated rings. The average molecular weight is 224 g/mol. The zero-order valence-electron chi connectivity index (χ0n) is 10.7. The molecule has 0 radical (unpaired) electrons. The van der Waals surface area contributed by atoms with Gasteiger partial charge in [0.25, 0.3) is 0 Å². The highest BCUT2D eigenvalue weighted by molar-refractivity contribution is 5.82. The van der Waals surface area contributed by atoms with Gasteiger partial charge in [0, 0.05) is 12.6 Å². The third-order valence-electron chi connectivity index (χ3n) is 3.20. The third kappa shape index (κ3) is 3.34. The number of carbonyl (C=O) groups is 1. The maximum Gasteiger partial charge on any atom is 0.240 e. The van der Waals surface area contributed by atoms with E-state index in [4.69, 9.17) is 0 Å². The summed E-state index contributed by atoms with van der Waals surface area (Å²) in [4.78, 5) is 14.2. The van der Waals surface area contributed by atoms with E-state index in [1.54, 1.807) is 6.08 Å². The number of hydrogen-bond donors (Lipinski definition) is 1. The highest BCUT2D eigenvalue weighted by Gasteiger charge is 2.28. The molecule has 0 aromatic rings. The highest BCUT2D eigenvalue weighted by atomic mass is 16.2. The summed E-state index contributed by atoms with van der Waals surface area (Å²) in [6, 6.07) is 0.246. The smallest absolute Gasteiger partial charge is 0.240 e. The van der Waals surface area contributed by atoms with E-state index in [9.17, 15) is 4.79 Å². The fourth-order valence-corrected chi connectivity index (χ4v) is 2.19. The molecule has 1 aliphatic rings. The molecule has 2 unspecified atom stereocenters. The molecule has 3 nitrogen and oxygen atoms in total. The Kier molecular flexibility index (Phi) is 5.00. The van der Waals surface area contributed by atoms with Crippen molar-refractivity contribution in [3.63, 3.8) is 0 Å². The van der Waals surface area contributed by atoms with Gasteiger partial charge < -0.3 is 10.2 Å². The van der Waals surface area contributed by atoms with Crippen molar-refractivity contribution in [3.05, 3.63) is 12.7 Å². The number of hydrogen-bond acceptors (Lipinski definition) is 2. The van der Waals surface area contributed by atoms with E-state index >= 15 is 0 Å². The fourth-order valence-electron chi connectivity index (χ4n) is 2.19. The molecule has 1 aliphatic heterocycles. The number of carbonyl (C=O) groups excluding carboxylic acids is 1. The molecule has 92 valence electrons. The Morgan fingerprint density at radius 2 is 2.31 bits per heavy atom. The molecule has 3 heteroatoms. The van der Waals surface area contributed by atoms with Crippen LogP contribution in [0, 0.1) is 5.92 Å². The van der Waals surface area contributed by atoms with Crippen molar-refractivity contribution in [2.45, 2.75) is 45.7 Å². The minimum absolute atomic E-state index is 0.00565. The summed E-state index contributed by atoms with van der Waals surface area (Å²) < 4.78 is 0. The van der Waals surface area contributed by atoms with Gasteiger partial charge >= 0.3 is 0 Å². The van der Waals surface area contributed by atoms with Gasteiger partial charge in [-0.3, -0.25) is 4.79 Å². The molecule has 0 aromatic heterocycles. The first kappa shape index (κ1) is 13.2. The Labute approximate surface area is 98.9 Å². The van der Waals surface area contributed by atoms with Crippen LogP contribution >= 0.6 is 0 Å². The lowest BCUT2D eigenvalue weighted by Crippen LogP contribution is -2.51. The van der Waals surface area contributed by atoms with Gasteiger partial charge in [0.05, 0.1) is 6.04 Å². The van der Waals surface area contributed by atoms with Crippen molar-refractivity contribution in [2.24, 2.45) is 5.92 Å². The first-order valence-corrected chi connectivity index (χ1v) is 6.21. The molecule has 16 heavy (non-hydrogen) atoms. The van der Waals surface area contributed by atoms with Crippen molar-refractivity contribution >= 4 is 5.91 Å². The van der Waals surface area contributed by atoms with Crippen LogP contribution in [-0.4, -0.2) is 36.0 Å². The molecule has 1 N–H and O–H groups in total. The van der Waals surface area contributed by atoms with E-state index in [1.807, 2.05) is 18.7 Å². The van der Waals surface area contributed by atoms with Gasteiger partial charge in [0.2, 0.25) is 5.91 Å². The lowest BCUT2D eigenvalue weighted by molar-refractivity contribution is -0.135. The average Bonchev–Trinajstić information content (AvgIpc) is 2.24. The molecule has 1 rings (SSSR count). The Hall–Kier alpha value is -0.830. The summed E-state index contributed by atoms with van der Waals surface area (Å²) in [5, 5.41) is 3.32. The van der Waals surface area contributed by atoms with Crippen LogP contribution in [0.5, 0.6) is 0 Å². The van der Waals surface area contributed by atoms with Crippen molar-refractivity contribution in [1.29, 1.82) is 0 Å². The second-order valence-corrected chi connectivity index (χ2v) is 5.01. The minimum atomic E-state index is 0.00565. The van der Waals surface area contributed by atoms with Gasteiger partial charge in [0.15, 0.2) is 0 Å². The Morgan fingerprint density at radius 1 is 1.62 bits per heavy atom. The number of piperidine rings is 1. The van der Waals surface area contributed by atoms with Crippen LogP contribution in [0.3, 0.4) is 0 Å². The summed E-state index contributed by atoms with van der Waals surface area (Å²) in [5.41, 5.74) is 0. The van der Waals surface area contributed by atoms with Crippen LogP contribution in [0.25, 0.3) is 0 Å². The van der Waals surface area contributed by atoms with E-state index in [2.05, 4.69) is 18.8 Å². The summed E-state index contributed by atoms with van der Waals surface area (Å²) in [7, 11) is 0. The number of amides is 1. The molecular formula is C13H24N2O. The molecule has 1 amide bonds. The predicted molar refractivity (Wildman–Crippen MR) is 67.2 cm³/mol. The van der Waals surface area contributed by atoms with Gasteiger partial charge in [-0.15, -0.1) is 6.58 Å². The molecule has 0 aliphatic carbocycles. The van der Waals surface area contributed by atoms with E-state index in [0.29, 0.717) is 12.5 Å². The maximum atomic E-state index is 12.3. The van der Waals surface area contributed by atoms with Crippen LogP contribution in [0.2, 0.25) is 0 Å². The number of rotatable bonds is 4. The second kappa shape index (κ2) is 6.04. The Bertz CT molecular complexity index is 250. The largest absolute Gasteiger partial charge is 0.335 e. The Morgan fingerprint density at radius 3 is 2.81 bits per heavy atom. The molecular weight excluding hydrogens is 200 g/mol. The molecule has 1 saturated heterocycles. The van der Waals surface area contributed by atoms with E-state index < -0.39 is 0 Å². The van der Waals surface area contributed by atoms with Crippen LogP contribution in [0.15, 0.2) is 12.7 Å². The minimum Gasteiger partial charge on any atom is -0.335 e. The van der Waals surface area contributed by atoms with Crippen LogP contribution in [-0.2, 0) is 4.79 Å². The quantitative estimate of drug-likeness (QED) is 0.739. The summed E-state index contributed by atoms with van der Waals surface area (Å²) >= 11 is 0. The van der Waals surface area contributed by atoms with E-state index in [1.165, 1.54) is 6.42 Å². The summed E-state index contributed by atoms with van der Waals surface area (Å²) in [6.07, 6.45) is 3.93. The molecule has 0 spiro atoms. The van der Waals surface area contributed by atoms with Crippen molar-refractivity contribution in [3.8, 4) is 0 Å². The lowest BCUT2D eigenvalue weighted by Gasteiger charge is -2.34. The summed E-state index contributed by atoms with van der Waals surface area (Å²) in [5.74, 6) is 0.870. The van der Waals surface area contributed by atoms with E-state index in [-0.39, 0.29) is 18.0 Å². The topological polar surface area (TPSA) is 32.3 Å². The molecule has 0 saturated carbocycles. The predicted octanol–water partition coefficient (Wildman–Crippen LogP) is 1.80. The molecule has 2 atom stereocenters. The van der Waals surface area contributed by atoms with Crippen LogP contribution in [0.1, 0.15) is 33.6 Å². The van der Waals surface area contributed by atoms with Gasteiger partial charge in [0.1, 0.15) is 0 Å². The SMILES string of the molecule is C=CCN(C(=O)C1CC(C)CCN1)C(C)C. The van der Waals surface area contributed by atoms with Gasteiger partial charge in [-0.1, -0.05) is 13.0 Å². The normalized spacial score (nSPS) is 25.5. The van der Waals surface area contributed by atoms with Crippen molar-refractivity contribution < 1.29 is 4.79 Å². The van der Waals surface area contributed by atoms with Crippen molar-refractivity contribution in [1.82, 2.24) is 10.2 Å². The molecule has 1 heterocycles. The first-order valence-electron chi connectivity index (χ1n) is 6.21. The maximum absolute atomic E-state index is 12.3. The van der Waals surface area contributed by atoms with E-state index in [0.717, 1.165) is 13.0 Å². The number of nitrogens with zero attached hydrogens (tertiary/aromatic N) is 1. The molecule has 0 bridgehead atoms. The lowest BCUT2D eigenvalue weighted by atomic mass is 9.93. The first-order chi connectivity index (χ1) is 7.56. The zero-order chi connectivity index (χ0) is 12.1. The second-order valence-electron chi connectivity index (χ2n) is 5.01. The standard InChI is InChI=1S/C13H24N2O/c1-5-8-15(10(2)3)13(16)12-9-11(4)6-7-14-12/h5,10-12,14H,1,6-9H2,2-4H3. The van der Waals surface area contributed by atoms with Crippen LogP contribution in [0.4, 0.5) is 0 Å². The molecule has 0 aromatic carbocycles. The highest BCUT2D eigenvalue weighted by Crippen LogP contribution is 2.17. The number of nitrogens with one attached hydrogen (secondary N) is 1. The van der Waals surface area contributed by atoms with Crippen molar-refractivity contribution in [2.75, 3.05) is 13.1 Å². The third-order valence-corrected chi connectivity index (χ3v) is 3.20. The van der Waals surface area contributed by atoms with Gasteiger partial charge in [-0.2, -0.15) is 0 Å².